The van der Waals surface area contributed by atoms with Crippen molar-refractivity contribution in [2.45, 2.75) is 6.92 Å². The van der Waals surface area contributed by atoms with Gasteiger partial charge in [0.2, 0.25) is 5.13 Å². The summed E-state index contributed by atoms with van der Waals surface area (Å²) < 4.78 is 4.64. The number of benzene rings is 1. The highest BCUT2D eigenvalue weighted by Gasteiger charge is 2.15. The van der Waals surface area contributed by atoms with E-state index < -0.39 is 10.9 Å². The van der Waals surface area contributed by atoms with Crippen LogP contribution >= 0.6 is 11.3 Å². The Morgan fingerprint density at radius 1 is 1.45 bits per heavy atom. The van der Waals surface area contributed by atoms with Crippen LogP contribution in [0, 0.1) is 17.0 Å². The number of hydrazone groups is 1. The van der Waals surface area contributed by atoms with Gasteiger partial charge in [-0.25, -0.2) is 9.78 Å². The molecule has 0 aliphatic rings. The fraction of sp³-hybridized carbons (Fsp3) is 0.154. The number of esters is 1. The van der Waals surface area contributed by atoms with E-state index in [0.717, 1.165) is 11.3 Å². The van der Waals surface area contributed by atoms with Crippen molar-refractivity contribution in [2.75, 3.05) is 12.5 Å². The molecule has 1 aromatic heterocycles. The van der Waals surface area contributed by atoms with Crippen LogP contribution in [0.4, 0.5) is 10.8 Å². The summed E-state index contributed by atoms with van der Waals surface area (Å²) in [7, 11) is 1.31. The molecule has 9 heteroatoms. The fourth-order valence-electron chi connectivity index (χ4n) is 1.57. The molecule has 2 rings (SSSR count). The highest BCUT2D eigenvalue weighted by atomic mass is 32.1. The Balaban J connectivity index is 2.03. The molecule has 0 radical (unpaired) electrons. The minimum Gasteiger partial charge on any atom is -0.465 e. The van der Waals surface area contributed by atoms with E-state index in [2.05, 4.69) is 20.2 Å². The lowest BCUT2D eigenvalue weighted by Gasteiger charge is -1.95. The lowest BCUT2D eigenvalue weighted by molar-refractivity contribution is -0.384. The molecule has 114 valence electrons. The number of thiazole rings is 1. The Hall–Kier alpha value is -2.81. The van der Waals surface area contributed by atoms with Crippen molar-refractivity contribution in [2.24, 2.45) is 5.10 Å². The Labute approximate surface area is 129 Å². The number of nitrogens with zero attached hydrogens (tertiary/aromatic N) is 3. The minimum absolute atomic E-state index is 0.0170. The molecule has 0 amide bonds. The number of carbonyl (C=O) groups excluding carboxylic acids is 1. The van der Waals surface area contributed by atoms with Crippen LogP contribution < -0.4 is 5.43 Å². The maximum Gasteiger partial charge on any atom is 0.350 e. The Morgan fingerprint density at radius 3 is 2.73 bits per heavy atom. The number of nitrogens with one attached hydrogen (secondary N) is 1. The quantitative estimate of drug-likeness (QED) is 0.393. The zero-order valence-corrected chi connectivity index (χ0v) is 12.6. The van der Waals surface area contributed by atoms with Gasteiger partial charge in [0.1, 0.15) is 4.88 Å². The number of carbonyl (C=O) groups is 1. The second kappa shape index (κ2) is 6.76. The normalized spacial score (nSPS) is 10.6. The number of non-ortho nitro benzene ring substituents is 1. The minimum atomic E-state index is -0.466. The highest BCUT2D eigenvalue weighted by Crippen LogP contribution is 2.23. The summed E-state index contributed by atoms with van der Waals surface area (Å²) in [5.74, 6) is -0.442. The van der Waals surface area contributed by atoms with Gasteiger partial charge in [-0.1, -0.05) is 11.3 Å². The second-order valence-electron chi connectivity index (χ2n) is 4.14. The third-order valence-electron chi connectivity index (χ3n) is 2.65. The van der Waals surface area contributed by atoms with E-state index in [0.29, 0.717) is 21.3 Å². The number of hydrogen-bond donors (Lipinski definition) is 1. The Kier molecular flexibility index (Phi) is 4.79. The van der Waals surface area contributed by atoms with Crippen LogP contribution in [-0.4, -0.2) is 29.2 Å². The summed E-state index contributed by atoms with van der Waals surface area (Å²) >= 11 is 1.13. The molecular weight excluding hydrogens is 308 g/mol. The third kappa shape index (κ3) is 3.64. The van der Waals surface area contributed by atoms with Gasteiger partial charge >= 0.3 is 5.97 Å². The van der Waals surface area contributed by atoms with Crippen molar-refractivity contribution in [1.82, 2.24) is 4.98 Å². The van der Waals surface area contributed by atoms with Gasteiger partial charge in [0.25, 0.3) is 5.69 Å². The Morgan fingerprint density at radius 2 is 2.14 bits per heavy atom. The molecule has 1 N–H and O–H groups in total. The molecule has 0 saturated heterocycles. The van der Waals surface area contributed by atoms with Crippen molar-refractivity contribution in [3.05, 3.63) is 50.5 Å². The summed E-state index contributed by atoms with van der Waals surface area (Å²) in [5, 5.41) is 15.0. The molecule has 2 aromatic rings. The Bertz CT molecular complexity index is 724. The fourth-order valence-corrected chi connectivity index (χ4v) is 2.40. The molecule has 0 saturated carbocycles. The van der Waals surface area contributed by atoms with E-state index in [1.165, 1.54) is 25.5 Å². The molecular formula is C13H12N4O4S. The van der Waals surface area contributed by atoms with Crippen molar-refractivity contribution in [3.63, 3.8) is 0 Å². The highest BCUT2D eigenvalue weighted by molar-refractivity contribution is 7.17. The molecule has 1 aromatic carbocycles. The summed E-state index contributed by atoms with van der Waals surface area (Å²) in [5.41, 5.74) is 3.98. The maximum atomic E-state index is 11.5. The third-order valence-corrected chi connectivity index (χ3v) is 3.69. The standard InChI is InChI=1S/C13H12N4O4S/c1-8-11(12(18)21-2)22-13(15-8)16-14-7-9-3-5-10(6-4-9)17(19)20/h3-7H,1-2H3,(H,15,16)/b14-7+. The van der Waals surface area contributed by atoms with Crippen LogP contribution in [0.25, 0.3) is 0 Å². The molecule has 0 unspecified atom stereocenters. The van der Waals surface area contributed by atoms with Gasteiger partial charge in [-0.05, 0) is 24.6 Å². The number of aromatic nitrogens is 1. The van der Waals surface area contributed by atoms with Gasteiger partial charge < -0.3 is 4.74 Å². The van der Waals surface area contributed by atoms with Crippen LogP contribution in [0.5, 0.6) is 0 Å². The number of anilines is 1. The van der Waals surface area contributed by atoms with Crippen molar-refractivity contribution in [1.29, 1.82) is 0 Å². The first kappa shape index (κ1) is 15.6. The van der Waals surface area contributed by atoms with Gasteiger partial charge in [-0.2, -0.15) is 5.10 Å². The van der Waals surface area contributed by atoms with Gasteiger partial charge in [0, 0.05) is 12.1 Å². The number of hydrogen-bond acceptors (Lipinski definition) is 8. The van der Waals surface area contributed by atoms with E-state index >= 15 is 0 Å². The maximum absolute atomic E-state index is 11.5. The largest absolute Gasteiger partial charge is 0.465 e. The van der Waals surface area contributed by atoms with Crippen LogP contribution in [0.2, 0.25) is 0 Å². The molecule has 0 fully saturated rings. The molecule has 0 spiro atoms. The summed E-state index contributed by atoms with van der Waals surface area (Å²) in [6.07, 6.45) is 1.50. The van der Waals surface area contributed by atoms with Gasteiger partial charge in [-0.15, -0.1) is 0 Å². The number of rotatable bonds is 5. The van der Waals surface area contributed by atoms with Crippen LogP contribution in [0.1, 0.15) is 20.9 Å². The van der Waals surface area contributed by atoms with Crippen molar-refractivity contribution in [3.8, 4) is 0 Å². The van der Waals surface area contributed by atoms with Gasteiger partial charge in [0.15, 0.2) is 0 Å². The molecule has 8 nitrogen and oxygen atoms in total. The van der Waals surface area contributed by atoms with Crippen LogP contribution in [0.3, 0.4) is 0 Å². The first-order valence-corrected chi connectivity index (χ1v) is 6.92. The zero-order chi connectivity index (χ0) is 16.1. The predicted molar refractivity (Wildman–Crippen MR) is 82.5 cm³/mol. The second-order valence-corrected chi connectivity index (χ2v) is 5.14. The topological polar surface area (TPSA) is 107 Å². The van der Waals surface area contributed by atoms with E-state index in [4.69, 9.17) is 0 Å². The lowest BCUT2D eigenvalue weighted by Crippen LogP contribution is -1.99. The summed E-state index contributed by atoms with van der Waals surface area (Å²) in [6.45, 7) is 1.70. The summed E-state index contributed by atoms with van der Waals surface area (Å²) in [6, 6.07) is 5.95. The van der Waals surface area contributed by atoms with Crippen molar-refractivity contribution >= 4 is 34.3 Å². The zero-order valence-electron chi connectivity index (χ0n) is 11.8. The predicted octanol–water partition coefficient (Wildman–Crippen LogP) is 2.59. The van der Waals surface area contributed by atoms with E-state index in [9.17, 15) is 14.9 Å². The SMILES string of the molecule is COC(=O)c1sc(N/N=C/c2ccc([N+](=O)[O-])cc2)nc1C. The average Bonchev–Trinajstić information content (AvgIpc) is 2.88. The number of ether oxygens (including phenoxy) is 1. The monoisotopic (exact) mass is 320 g/mol. The number of methoxy groups -OCH3 is 1. The molecule has 0 bridgehead atoms. The van der Waals surface area contributed by atoms with E-state index in [1.807, 2.05) is 0 Å². The first-order chi connectivity index (χ1) is 10.5. The van der Waals surface area contributed by atoms with Gasteiger partial charge in [-0.3, -0.25) is 15.5 Å². The van der Waals surface area contributed by atoms with E-state index in [1.54, 1.807) is 19.1 Å². The van der Waals surface area contributed by atoms with Crippen molar-refractivity contribution < 1.29 is 14.5 Å². The average molecular weight is 320 g/mol. The lowest BCUT2D eigenvalue weighted by atomic mass is 10.2. The van der Waals surface area contributed by atoms with E-state index in [-0.39, 0.29) is 5.69 Å². The summed E-state index contributed by atoms with van der Waals surface area (Å²) in [4.78, 5) is 26.1. The van der Waals surface area contributed by atoms with Crippen LogP contribution in [-0.2, 0) is 4.74 Å². The molecule has 0 aliphatic heterocycles. The number of nitro groups is 1. The molecule has 1 heterocycles. The number of nitro benzene ring substituents is 1. The number of aryl methyl sites for hydroxylation is 1. The molecule has 22 heavy (non-hydrogen) atoms. The van der Waals surface area contributed by atoms with Crippen LogP contribution in [0.15, 0.2) is 29.4 Å². The first-order valence-electron chi connectivity index (χ1n) is 6.10. The smallest absolute Gasteiger partial charge is 0.350 e. The molecule has 0 aliphatic carbocycles. The van der Waals surface area contributed by atoms with Gasteiger partial charge in [0.05, 0.1) is 23.9 Å². The molecule has 0 atom stereocenters.